The smallest absolute Gasteiger partial charge is 0.142 e. The minimum atomic E-state index is -0.304. The first-order chi connectivity index (χ1) is 6.75. The molecular formula is C11H7FIN. The van der Waals surface area contributed by atoms with Crippen molar-refractivity contribution in [3.05, 3.63) is 52.1 Å². The standard InChI is InChI=1S/C11H7FIN/c12-10-4-9(6-14-7-10)8-2-1-3-11(13)5-8/h1-7H. The van der Waals surface area contributed by atoms with Crippen LogP contribution in [-0.4, -0.2) is 4.98 Å². The van der Waals surface area contributed by atoms with Crippen LogP contribution in [0.3, 0.4) is 0 Å². The Morgan fingerprint density at radius 2 is 1.93 bits per heavy atom. The number of nitrogens with zero attached hydrogens (tertiary/aromatic N) is 1. The van der Waals surface area contributed by atoms with E-state index in [1.54, 1.807) is 6.20 Å². The third kappa shape index (κ3) is 2.09. The van der Waals surface area contributed by atoms with Gasteiger partial charge >= 0.3 is 0 Å². The molecule has 1 aromatic carbocycles. The molecule has 3 heteroatoms. The Hall–Kier alpha value is -0.970. The largest absolute Gasteiger partial charge is 0.261 e. The molecule has 0 bridgehead atoms. The Morgan fingerprint density at radius 1 is 1.07 bits per heavy atom. The number of hydrogen-bond donors (Lipinski definition) is 0. The van der Waals surface area contributed by atoms with Gasteiger partial charge in [0.2, 0.25) is 0 Å². The van der Waals surface area contributed by atoms with E-state index in [0.29, 0.717) is 0 Å². The minimum absolute atomic E-state index is 0.304. The summed E-state index contributed by atoms with van der Waals surface area (Å²) in [5.41, 5.74) is 1.80. The van der Waals surface area contributed by atoms with E-state index in [2.05, 4.69) is 27.6 Å². The Bertz CT molecular complexity index is 413. The lowest BCUT2D eigenvalue weighted by Crippen LogP contribution is -1.83. The van der Waals surface area contributed by atoms with Crippen molar-refractivity contribution in [1.82, 2.24) is 4.98 Å². The monoisotopic (exact) mass is 299 g/mol. The van der Waals surface area contributed by atoms with Gasteiger partial charge in [-0.05, 0) is 46.4 Å². The summed E-state index contributed by atoms with van der Waals surface area (Å²) in [6.45, 7) is 0. The molecule has 0 spiro atoms. The lowest BCUT2D eigenvalue weighted by molar-refractivity contribution is 0.622. The van der Waals surface area contributed by atoms with Gasteiger partial charge in [-0.15, -0.1) is 0 Å². The number of benzene rings is 1. The second kappa shape index (κ2) is 4.04. The van der Waals surface area contributed by atoms with Gasteiger partial charge in [0.25, 0.3) is 0 Å². The van der Waals surface area contributed by atoms with Crippen molar-refractivity contribution in [2.75, 3.05) is 0 Å². The normalized spacial score (nSPS) is 10.1. The molecule has 0 aliphatic rings. The number of rotatable bonds is 1. The van der Waals surface area contributed by atoms with Crippen molar-refractivity contribution in [3.63, 3.8) is 0 Å². The molecule has 0 unspecified atom stereocenters. The van der Waals surface area contributed by atoms with Crippen molar-refractivity contribution in [2.24, 2.45) is 0 Å². The molecule has 0 saturated heterocycles. The van der Waals surface area contributed by atoms with Crippen molar-refractivity contribution < 1.29 is 4.39 Å². The molecule has 1 nitrogen and oxygen atoms in total. The van der Waals surface area contributed by atoms with Crippen molar-refractivity contribution in [2.45, 2.75) is 0 Å². The van der Waals surface area contributed by atoms with Gasteiger partial charge in [-0.2, -0.15) is 0 Å². The average Bonchev–Trinajstić information content (AvgIpc) is 2.18. The van der Waals surface area contributed by atoms with Gasteiger partial charge in [0, 0.05) is 15.3 Å². The van der Waals surface area contributed by atoms with Gasteiger partial charge < -0.3 is 0 Å². The van der Waals surface area contributed by atoms with E-state index >= 15 is 0 Å². The Kier molecular flexibility index (Phi) is 2.77. The second-order valence-corrected chi connectivity index (χ2v) is 4.15. The highest BCUT2D eigenvalue weighted by atomic mass is 127. The van der Waals surface area contributed by atoms with Crippen molar-refractivity contribution in [1.29, 1.82) is 0 Å². The molecular weight excluding hydrogens is 292 g/mol. The highest BCUT2D eigenvalue weighted by Gasteiger charge is 1.99. The van der Waals surface area contributed by atoms with Crippen LogP contribution in [0.4, 0.5) is 4.39 Å². The van der Waals surface area contributed by atoms with Crippen molar-refractivity contribution >= 4 is 22.6 Å². The molecule has 0 atom stereocenters. The molecule has 0 aliphatic heterocycles. The Morgan fingerprint density at radius 3 is 2.64 bits per heavy atom. The van der Waals surface area contributed by atoms with Gasteiger partial charge in [-0.25, -0.2) is 4.39 Å². The predicted octanol–water partition coefficient (Wildman–Crippen LogP) is 3.49. The summed E-state index contributed by atoms with van der Waals surface area (Å²) in [6.07, 6.45) is 2.87. The molecule has 14 heavy (non-hydrogen) atoms. The van der Waals surface area contributed by atoms with Crippen molar-refractivity contribution in [3.8, 4) is 11.1 Å². The maximum Gasteiger partial charge on any atom is 0.142 e. The number of pyridine rings is 1. The summed E-state index contributed by atoms with van der Waals surface area (Å²) < 4.78 is 14.0. The Labute approximate surface area is 95.1 Å². The van der Waals surface area contributed by atoms with Gasteiger partial charge in [0.05, 0.1) is 6.20 Å². The summed E-state index contributed by atoms with van der Waals surface area (Å²) >= 11 is 2.23. The predicted molar refractivity (Wildman–Crippen MR) is 62.3 cm³/mol. The summed E-state index contributed by atoms with van der Waals surface area (Å²) in [5, 5.41) is 0. The van der Waals surface area contributed by atoms with Gasteiger partial charge in [0.1, 0.15) is 5.82 Å². The van der Waals surface area contributed by atoms with E-state index in [4.69, 9.17) is 0 Å². The van der Waals surface area contributed by atoms with Crippen LogP contribution < -0.4 is 0 Å². The van der Waals surface area contributed by atoms with Crippen LogP contribution >= 0.6 is 22.6 Å². The molecule has 1 heterocycles. The molecule has 0 radical (unpaired) electrons. The fraction of sp³-hybridized carbons (Fsp3) is 0. The quantitative estimate of drug-likeness (QED) is 0.735. The third-order valence-electron chi connectivity index (χ3n) is 1.86. The van der Waals surface area contributed by atoms with E-state index in [0.717, 1.165) is 14.7 Å². The van der Waals surface area contributed by atoms with E-state index in [-0.39, 0.29) is 5.82 Å². The fourth-order valence-electron chi connectivity index (χ4n) is 1.24. The highest BCUT2D eigenvalue weighted by Crippen LogP contribution is 2.20. The van der Waals surface area contributed by atoms with Crippen LogP contribution in [0.15, 0.2) is 42.7 Å². The minimum Gasteiger partial charge on any atom is -0.261 e. The van der Waals surface area contributed by atoms with Gasteiger partial charge in [0.15, 0.2) is 0 Å². The highest BCUT2D eigenvalue weighted by molar-refractivity contribution is 14.1. The first-order valence-corrected chi connectivity index (χ1v) is 5.20. The second-order valence-electron chi connectivity index (χ2n) is 2.90. The Balaban J connectivity index is 2.49. The first kappa shape index (κ1) is 9.58. The third-order valence-corrected chi connectivity index (χ3v) is 2.53. The molecule has 0 amide bonds. The molecule has 0 aliphatic carbocycles. The van der Waals surface area contributed by atoms with Crippen LogP contribution in [-0.2, 0) is 0 Å². The maximum absolute atomic E-state index is 12.9. The molecule has 0 N–H and O–H groups in total. The SMILES string of the molecule is Fc1cncc(-c2cccc(I)c2)c1. The number of hydrogen-bond acceptors (Lipinski definition) is 1. The van der Waals surface area contributed by atoms with E-state index < -0.39 is 0 Å². The van der Waals surface area contributed by atoms with Gasteiger partial charge in [-0.1, -0.05) is 12.1 Å². The molecule has 0 saturated carbocycles. The first-order valence-electron chi connectivity index (χ1n) is 4.12. The number of aromatic nitrogens is 1. The summed E-state index contributed by atoms with van der Waals surface area (Å²) in [4.78, 5) is 3.81. The lowest BCUT2D eigenvalue weighted by Gasteiger charge is -2.01. The van der Waals surface area contributed by atoms with Crippen LogP contribution in [0.1, 0.15) is 0 Å². The molecule has 70 valence electrons. The van der Waals surface area contributed by atoms with Crippen LogP contribution in [0, 0.1) is 9.39 Å². The topological polar surface area (TPSA) is 12.9 Å². The van der Waals surface area contributed by atoms with E-state index in [9.17, 15) is 4.39 Å². The molecule has 2 rings (SSSR count). The summed E-state index contributed by atoms with van der Waals surface area (Å²) in [6, 6.07) is 9.37. The fourth-order valence-corrected chi connectivity index (χ4v) is 1.78. The maximum atomic E-state index is 12.9. The van der Waals surface area contributed by atoms with Crippen LogP contribution in [0.2, 0.25) is 0 Å². The number of halogens is 2. The van der Waals surface area contributed by atoms with Crippen LogP contribution in [0.25, 0.3) is 11.1 Å². The summed E-state index contributed by atoms with van der Waals surface area (Å²) in [5.74, 6) is -0.304. The molecule has 1 aromatic heterocycles. The van der Waals surface area contributed by atoms with Crippen LogP contribution in [0.5, 0.6) is 0 Å². The zero-order valence-corrected chi connectivity index (χ0v) is 9.40. The van der Waals surface area contributed by atoms with Gasteiger partial charge in [-0.3, -0.25) is 4.98 Å². The van der Waals surface area contributed by atoms with E-state index in [1.807, 2.05) is 24.3 Å². The zero-order chi connectivity index (χ0) is 9.97. The molecule has 0 fully saturated rings. The average molecular weight is 299 g/mol. The zero-order valence-electron chi connectivity index (χ0n) is 7.24. The molecule has 2 aromatic rings. The van der Waals surface area contributed by atoms with E-state index in [1.165, 1.54) is 12.3 Å². The summed E-state index contributed by atoms with van der Waals surface area (Å²) in [7, 11) is 0. The lowest BCUT2D eigenvalue weighted by atomic mass is 10.1.